The summed E-state index contributed by atoms with van der Waals surface area (Å²) >= 11 is 1.84. The number of thioether (sulfide) groups is 1. The van der Waals surface area contributed by atoms with Crippen LogP contribution in [0.5, 0.6) is 0 Å². The zero-order valence-corrected chi connectivity index (χ0v) is 12.1. The molecule has 0 radical (unpaired) electrons. The second-order valence-corrected chi connectivity index (χ2v) is 7.64. The van der Waals surface area contributed by atoms with Crippen molar-refractivity contribution in [3.8, 4) is 0 Å². The Morgan fingerprint density at radius 3 is 2.94 bits per heavy atom. The number of rotatable bonds is 5. The molecule has 1 saturated heterocycles. The van der Waals surface area contributed by atoms with Crippen molar-refractivity contribution in [1.82, 2.24) is 15.5 Å². The second kappa shape index (κ2) is 5.58. The van der Waals surface area contributed by atoms with Gasteiger partial charge in [-0.05, 0) is 6.54 Å². The molecule has 2 rings (SSSR count). The summed E-state index contributed by atoms with van der Waals surface area (Å²) in [6, 6.07) is 0.325. The van der Waals surface area contributed by atoms with Crippen LogP contribution in [0.2, 0.25) is 0 Å². The summed E-state index contributed by atoms with van der Waals surface area (Å²) in [4.78, 5) is 4.20. The van der Waals surface area contributed by atoms with E-state index in [1.54, 1.807) is 0 Å². The molecule has 1 fully saturated rings. The van der Waals surface area contributed by atoms with E-state index in [-0.39, 0.29) is 17.5 Å². The zero-order chi connectivity index (χ0) is 13.2. The lowest BCUT2D eigenvalue weighted by molar-refractivity contribution is 0.338. The SMILES string of the molecule is CCNC1CSCC1c1nc(CS(C)(=O)=O)no1. The third kappa shape index (κ3) is 3.46. The topological polar surface area (TPSA) is 85.1 Å². The number of nitrogens with one attached hydrogen (secondary N) is 1. The molecule has 0 aliphatic carbocycles. The lowest BCUT2D eigenvalue weighted by Crippen LogP contribution is -2.34. The van der Waals surface area contributed by atoms with E-state index in [1.807, 2.05) is 11.8 Å². The molecule has 102 valence electrons. The van der Waals surface area contributed by atoms with E-state index >= 15 is 0 Å². The van der Waals surface area contributed by atoms with Crippen molar-refractivity contribution >= 4 is 21.6 Å². The van der Waals surface area contributed by atoms with Crippen molar-refractivity contribution < 1.29 is 12.9 Å². The van der Waals surface area contributed by atoms with Gasteiger partial charge in [-0.2, -0.15) is 16.7 Å². The quantitative estimate of drug-likeness (QED) is 0.841. The highest BCUT2D eigenvalue weighted by Crippen LogP contribution is 2.31. The lowest BCUT2D eigenvalue weighted by atomic mass is 10.0. The van der Waals surface area contributed by atoms with Crippen molar-refractivity contribution in [2.45, 2.75) is 24.6 Å². The summed E-state index contributed by atoms with van der Waals surface area (Å²) in [5.74, 6) is 2.75. The fourth-order valence-electron chi connectivity index (χ4n) is 1.97. The van der Waals surface area contributed by atoms with Gasteiger partial charge in [0.05, 0.1) is 5.92 Å². The van der Waals surface area contributed by atoms with E-state index in [4.69, 9.17) is 4.52 Å². The molecule has 0 bridgehead atoms. The van der Waals surface area contributed by atoms with Crippen LogP contribution < -0.4 is 5.32 Å². The van der Waals surface area contributed by atoms with Crippen LogP contribution in [-0.2, 0) is 15.6 Å². The van der Waals surface area contributed by atoms with Crippen LogP contribution in [0.4, 0.5) is 0 Å². The standard InChI is InChI=1S/C10H17N3O3S2/c1-3-11-8-5-17-4-7(8)10-12-9(13-16-10)6-18(2,14)15/h7-8,11H,3-6H2,1-2H3. The van der Waals surface area contributed by atoms with Crippen molar-refractivity contribution in [2.24, 2.45) is 0 Å². The minimum Gasteiger partial charge on any atom is -0.339 e. The average molecular weight is 291 g/mol. The van der Waals surface area contributed by atoms with Gasteiger partial charge in [-0.25, -0.2) is 8.42 Å². The summed E-state index contributed by atoms with van der Waals surface area (Å²) in [7, 11) is -3.12. The lowest BCUT2D eigenvalue weighted by Gasteiger charge is -2.15. The van der Waals surface area contributed by atoms with Crippen LogP contribution in [-0.4, -0.2) is 48.9 Å². The molecule has 0 aromatic carbocycles. The van der Waals surface area contributed by atoms with Crippen LogP contribution in [0.1, 0.15) is 24.6 Å². The number of likely N-dealkylation sites (N-methyl/N-ethyl adjacent to an activating group) is 1. The first-order valence-electron chi connectivity index (χ1n) is 5.81. The maximum absolute atomic E-state index is 11.2. The Morgan fingerprint density at radius 1 is 1.50 bits per heavy atom. The van der Waals surface area contributed by atoms with Crippen molar-refractivity contribution in [1.29, 1.82) is 0 Å². The van der Waals surface area contributed by atoms with Gasteiger partial charge in [0.2, 0.25) is 5.89 Å². The maximum Gasteiger partial charge on any atom is 0.232 e. The van der Waals surface area contributed by atoms with Crippen molar-refractivity contribution in [3.63, 3.8) is 0 Å². The normalized spacial score (nSPS) is 24.6. The van der Waals surface area contributed by atoms with E-state index in [0.717, 1.165) is 24.3 Å². The van der Waals surface area contributed by atoms with Gasteiger partial charge in [0.1, 0.15) is 5.75 Å². The first-order valence-corrected chi connectivity index (χ1v) is 9.02. The summed E-state index contributed by atoms with van der Waals surface area (Å²) in [6.07, 6.45) is 1.16. The Hall–Kier alpha value is -0.600. The Labute approximate surface area is 111 Å². The van der Waals surface area contributed by atoms with Gasteiger partial charge in [-0.15, -0.1) is 0 Å². The zero-order valence-electron chi connectivity index (χ0n) is 10.4. The highest BCUT2D eigenvalue weighted by atomic mass is 32.2. The number of aromatic nitrogens is 2. The van der Waals surface area contributed by atoms with Crippen LogP contribution in [0.25, 0.3) is 0 Å². The van der Waals surface area contributed by atoms with Gasteiger partial charge in [0.15, 0.2) is 15.7 Å². The minimum absolute atomic E-state index is 0.164. The monoisotopic (exact) mass is 291 g/mol. The summed E-state index contributed by atoms with van der Waals surface area (Å²) in [5, 5.41) is 7.12. The van der Waals surface area contributed by atoms with Crippen LogP contribution in [0.15, 0.2) is 4.52 Å². The van der Waals surface area contributed by atoms with Crippen LogP contribution in [0.3, 0.4) is 0 Å². The van der Waals surface area contributed by atoms with Crippen LogP contribution >= 0.6 is 11.8 Å². The molecule has 1 aromatic heterocycles. The van der Waals surface area contributed by atoms with Gasteiger partial charge in [-0.1, -0.05) is 12.1 Å². The third-order valence-corrected chi connectivity index (χ3v) is 4.71. The van der Waals surface area contributed by atoms with E-state index in [9.17, 15) is 8.42 Å². The molecule has 6 nitrogen and oxygen atoms in total. The minimum atomic E-state index is -3.12. The highest BCUT2D eigenvalue weighted by Gasteiger charge is 2.33. The summed E-state index contributed by atoms with van der Waals surface area (Å²) < 4.78 is 27.5. The van der Waals surface area contributed by atoms with Gasteiger partial charge in [0, 0.05) is 23.8 Å². The van der Waals surface area contributed by atoms with Crippen molar-refractivity contribution in [2.75, 3.05) is 24.3 Å². The first kappa shape index (κ1) is 13.8. The Kier molecular flexibility index (Phi) is 4.29. The molecule has 1 aliphatic heterocycles. The first-order chi connectivity index (χ1) is 8.49. The molecule has 2 heterocycles. The predicted octanol–water partition coefficient (Wildman–Crippen LogP) is 0.423. The van der Waals surface area contributed by atoms with Gasteiger partial charge in [0.25, 0.3) is 0 Å². The third-order valence-electron chi connectivity index (χ3n) is 2.74. The molecule has 2 unspecified atom stereocenters. The summed E-state index contributed by atoms with van der Waals surface area (Å²) in [5.41, 5.74) is 0. The average Bonchev–Trinajstić information content (AvgIpc) is 2.84. The largest absolute Gasteiger partial charge is 0.339 e. The van der Waals surface area contributed by atoms with E-state index < -0.39 is 9.84 Å². The fraction of sp³-hybridized carbons (Fsp3) is 0.800. The van der Waals surface area contributed by atoms with E-state index in [0.29, 0.717) is 11.9 Å². The molecular weight excluding hydrogens is 274 g/mol. The summed E-state index contributed by atoms with van der Waals surface area (Å²) in [6.45, 7) is 2.95. The molecular formula is C10H17N3O3S2. The molecule has 1 aromatic rings. The number of hydrogen-bond donors (Lipinski definition) is 1. The molecule has 2 atom stereocenters. The van der Waals surface area contributed by atoms with Gasteiger partial charge in [-0.3, -0.25) is 0 Å². The number of sulfone groups is 1. The van der Waals surface area contributed by atoms with Crippen LogP contribution in [0, 0.1) is 0 Å². The molecule has 0 saturated carbocycles. The van der Waals surface area contributed by atoms with E-state index in [2.05, 4.69) is 22.4 Å². The molecule has 0 amide bonds. The molecule has 8 heteroatoms. The second-order valence-electron chi connectivity index (χ2n) is 4.43. The van der Waals surface area contributed by atoms with Gasteiger partial charge >= 0.3 is 0 Å². The fourth-order valence-corrected chi connectivity index (χ4v) is 3.93. The predicted molar refractivity (Wildman–Crippen MR) is 70.4 cm³/mol. The number of hydrogen-bond acceptors (Lipinski definition) is 7. The Bertz CT molecular complexity index is 500. The van der Waals surface area contributed by atoms with E-state index in [1.165, 1.54) is 0 Å². The van der Waals surface area contributed by atoms with Crippen molar-refractivity contribution in [3.05, 3.63) is 11.7 Å². The number of nitrogens with zero attached hydrogens (tertiary/aromatic N) is 2. The molecule has 1 aliphatic rings. The Morgan fingerprint density at radius 2 is 2.28 bits per heavy atom. The molecule has 18 heavy (non-hydrogen) atoms. The smallest absolute Gasteiger partial charge is 0.232 e. The van der Waals surface area contributed by atoms with Gasteiger partial charge < -0.3 is 9.84 Å². The molecule has 0 spiro atoms. The highest BCUT2D eigenvalue weighted by molar-refractivity contribution is 7.99. The maximum atomic E-state index is 11.2. The molecule has 1 N–H and O–H groups in total. The Balaban J connectivity index is 2.09.